The Labute approximate surface area is 150 Å². The molecule has 0 radical (unpaired) electrons. The van der Waals surface area contributed by atoms with Crippen molar-refractivity contribution in [1.82, 2.24) is 5.32 Å². The van der Waals surface area contributed by atoms with Crippen molar-refractivity contribution in [2.45, 2.75) is 37.1 Å². The first-order chi connectivity index (χ1) is 11.3. The summed E-state index contributed by atoms with van der Waals surface area (Å²) in [6, 6.07) is 0. The van der Waals surface area contributed by atoms with E-state index in [1.54, 1.807) is 11.8 Å². The van der Waals surface area contributed by atoms with Crippen molar-refractivity contribution in [1.29, 1.82) is 0 Å². The van der Waals surface area contributed by atoms with E-state index in [2.05, 4.69) is 5.32 Å². The Morgan fingerprint density at radius 3 is 2.29 bits per heavy atom. The molecule has 0 aliphatic rings. The molecule has 0 aliphatic heterocycles. The molecule has 0 heterocycles. The largest absolute Gasteiger partial charge is 0.396 e. The number of nitrogens with one attached hydrogen (secondary N) is 1. The summed E-state index contributed by atoms with van der Waals surface area (Å²) in [4.78, 5) is 11.6. The molecule has 1 amide bonds. The van der Waals surface area contributed by atoms with Gasteiger partial charge in [0.2, 0.25) is 5.91 Å². The molecule has 7 N–H and O–H groups in total. The van der Waals surface area contributed by atoms with Crippen LogP contribution in [0, 0.1) is 5.92 Å². The molecule has 0 aliphatic carbocycles. The number of aliphatic hydroxyl groups is 6. The highest BCUT2D eigenvalue weighted by atomic mass is 32.2. The maximum atomic E-state index is 11.6. The molecule has 0 bridgehead atoms. The molecule has 0 saturated heterocycles. The van der Waals surface area contributed by atoms with Gasteiger partial charge in [0.25, 0.3) is 0 Å². The van der Waals surface area contributed by atoms with E-state index >= 15 is 0 Å². The minimum absolute atomic E-state index is 0.0993. The highest BCUT2D eigenvalue weighted by Crippen LogP contribution is 2.19. The van der Waals surface area contributed by atoms with Crippen LogP contribution in [0.3, 0.4) is 0 Å². The first-order valence-electron chi connectivity index (χ1n) is 7.75. The van der Waals surface area contributed by atoms with Gasteiger partial charge in [-0.05, 0) is 12.2 Å². The number of hydrogen-bond acceptors (Lipinski definition) is 9. The molecule has 0 saturated carbocycles. The summed E-state index contributed by atoms with van der Waals surface area (Å²) < 4.78 is 0. The average Bonchev–Trinajstić information content (AvgIpc) is 2.59. The molecule has 5 atom stereocenters. The molecule has 0 spiro atoms. The minimum Gasteiger partial charge on any atom is -0.396 e. The molecule has 0 rings (SSSR count). The van der Waals surface area contributed by atoms with Crippen LogP contribution in [0.15, 0.2) is 0 Å². The lowest BCUT2D eigenvalue weighted by atomic mass is 9.97. The second kappa shape index (κ2) is 14.1. The Morgan fingerprint density at radius 1 is 1.04 bits per heavy atom. The molecule has 0 fully saturated rings. The fourth-order valence-corrected chi connectivity index (χ4v) is 3.22. The van der Waals surface area contributed by atoms with E-state index in [1.807, 2.05) is 0 Å². The van der Waals surface area contributed by atoms with E-state index in [0.29, 0.717) is 18.7 Å². The van der Waals surface area contributed by atoms with E-state index in [1.165, 1.54) is 6.92 Å². The highest BCUT2D eigenvalue weighted by Gasteiger charge is 2.33. The molecule has 0 aromatic heterocycles. The number of thioether (sulfide) groups is 2. The van der Waals surface area contributed by atoms with Crippen molar-refractivity contribution in [3.63, 3.8) is 0 Å². The monoisotopic (exact) mass is 387 g/mol. The van der Waals surface area contributed by atoms with Gasteiger partial charge in [-0.2, -0.15) is 11.8 Å². The van der Waals surface area contributed by atoms with E-state index in [-0.39, 0.29) is 24.9 Å². The Morgan fingerprint density at radius 2 is 1.71 bits per heavy atom. The lowest BCUT2D eigenvalue weighted by molar-refractivity contribution is -0.118. The Balaban J connectivity index is 3.97. The fraction of sp³-hybridized carbons (Fsp3) is 0.929. The predicted octanol–water partition coefficient (Wildman–Crippen LogP) is -2.02. The molecular weight excluding hydrogens is 358 g/mol. The van der Waals surface area contributed by atoms with E-state index in [9.17, 15) is 25.2 Å². The van der Waals surface area contributed by atoms with Crippen LogP contribution in [0.1, 0.15) is 13.3 Å². The van der Waals surface area contributed by atoms with Gasteiger partial charge in [-0.25, -0.2) is 0 Å². The number of hydrogen-bond donors (Lipinski definition) is 7. The summed E-state index contributed by atoms with van der Waals surface area (Å²) in [5.74, 6) is 0.466. The molecular formula is C14H29NO7S2. The maximum Gasteiger partial charge on any atom is 0.230 e. The van der Waals surface area contributed by atoms with Gasteiger partial charge in [-0.3, -0.25) is 4.79 Å². The number of carbonyl (C=O) groups is 1. The standard InChI is InChI=1S/C14H29NO7S2/c1-9(7-17)11(19)12(20)13(21)14(22)24-8-10(18)15-3-6-23-5-2-4-16/h9,11-14,16-17,19-22H,2-8H2,1H3,(H,15,18). The third-order valence-corrected chi connectivity index (χ3v) is 5.38. The molecule has 5 unspecified atom stereocenters. The number of rotatable bonds is 14. The predicted molar refractivity (Wildman–Crippen MR) is 94.8 cm³/mol. The Kier molecular flexibility index (Phi) is 14.1. The smallest absolute Gasteiger partial charge is 0.230 e. The van der Waals surface area contributed by atoms with E-state index in [0.717, 1.165) is 17.5 Å². The highest BCUT2D eigenvalue weighted by molar-refractivity contribution is 8.00. The van der Waals surface area contributed by atoms with Crippen molar-refractivity contribution in [2.75, 3.05) is 37.0 Å². The lowest BCUT2D eigenvalue weighted by Crippen LogP contribution is -2.46. The van der Waals surface area contributed by atoms with Gasteiger partial charge in [0.15, 0.2) is 0 Å². The molecule has 8 nitrogen and oxygen atoms in total. The zero-order valence-electron chi connectivity index (χ0n) is 13.7. The lowest BCUT2D eigenvalue weighted by Gasteiger charge is -2.28. The first kappa shape index (κ1) is 23.9. The van der Waals surface area contributed by atoms with Crippen LogP contribution in [0.2, 0.25) is 0 Å². The maximum absolute atomic E-state index is 11.6. The topological polar surface area (TPSA) is 150 Å². The Hall–Kier alpha value is -0.0700. The van der Waals surface area contributed by atoms with Gasteiger partial charge in [0, 0.05) is 31.4 Å². The number of carbonyl (C=O) groups excluding carboxylic acids is 1. The number of aliphatic hydroxyl groups excluding tert-OH is 6. The van der Waals surface area contributed by atoms with Crippen molar-refractivity contribution in [3.8, 4) is 0 Å². The summed E-state index contributed by atoms with van der Waals surface area (Å²) in [5.41, 5.74) is -1.44. The summed E-state index contributed by atoms with van der Waals surface area (Å²) in [6.45, 7) is 1.73. The Bertz CT molecular complexity index is 338. The van der Waals surface area contributed by atoms with Crippen LogP contribution in [-0.4, -0.2) is 97.3 Å². The second-order valence-corrected chi connectivity index (χ2v) is 7.70. The van der Waals surface area contributed by atoms with Gasteiger partial charge < -0.3 is 36.0 Å². The SMILES string of the molecule is CC(CO)C(O)C(O)C(O)C(O)SCC(=O)NCCSCCCO. The van der Waals surface area contributed by atoms with Gasteiger partial charge in [-0.1, -0.05) is 6.92 Å². The summed E-state index contributed by atoms with van der Waals surface area (Å²) in [5, 5.41) is 59.2. The molecule has 0 aromatic carbocycles. The average molecular weight is 388 g/mol. The van der Waals surface area contributed by atoms with Crippen molar-refractivity contribution >= 4 is 29.4 Å². The van der Waals surface area contributed by atoms with Crippen LogP contribution >= 0.6 is 23.5 Å². The third kappa shape index (κ3) is 10.0. The summed E-state index contributed by atoms with van der Waals surface area (Å²) in [6.07, 6.45) is -3.94. The zero-order valence-corrected chi connectivity index (χ0v) is 15.4. The van der Waals surface area contributed by atoms with Crippen molar-refractivity contribution < 1.29 is 35.4 Å². The van der Waals surface area contributed by atoms with E-state index < -0.39 is 29.7 Å². The van der Waals surface area contributed by atoms with Gasteiger partial charge >= 0.3 is 0 Å². The van der Waals surface area contributed by atoms with Crippen LogP contribution in [0.25, 0.3) is 0 Å². The fourth-order valence-electron chi connectivity index (χ4n) is 1.66. The normalized spacial score (nSPS) is 17.8. The van der Waals surface area contributed by atoms with Crippen LogP contribution in [0.5, 0.6) is 0 Å². The van der Waals surface area contributed by atoms with Gasteiger partial charge in [0.1, 0.15) is 17.6 Å². The van der Waals surface area contributed by atoms with Gasteiger partial charge in [0.05, 0.1) is 11.9 Å². The zero-order chi connectivity index (χ0) is 18.5. The van der Waals surface area contributed by atoms with Crippen molar-refractivity contribution in [2.24, 2.45) is 5.92 Å². The van der Waals surface area contributed by atoms with Crippen LogP contribution in [0.4, 0.5) is 0 Å². The molecule has 144 valence electrons. The van der Waals surface area contributed by atoms with E-state index in [4.69, 9.17) is 10.2 Å². The first-order valence-corrected chi connectivity index (χ1v) is 9.95. The molecule has 10 heteroatoms. The molecule has 0 aromatic rings. The van der Waals surface area contributed by atoms with Crippen molar-refractivity contribution in [3.05, 3.63) is 0 Å². The summed E-state index contributed by atoms with van der Waals surface area (Å²) >= 11 is 2.36. The second-order valence-electron chi connectivity index (χ2n) is 5.37. The molecule has 24 heavy (non-hydrogen) atoms. The van der Waals surface area contributed by atoms with Crippen LogP contribution < -0.4 is 5.32 Å². The summed E-state index contributed by atoms with van der Waals surface area (Å²) in [7, 11) is 0. The van der Waals surface area contributed by atoms with Gasteiger partial charge in [-0.15, -0.1) is 11.8 Å². The van der Waals surface area contributed by atoms with Crippen LogP contribution in [-0.2, 0) is 4.79 Å². The third-order valence-electron chi connectivity index (χ3n) is 3.26. The minimum atomic E-state index is -1.64. The quantitative estimate of drug-likeness (QED) is 0.132. The number of amides is 1.